The van der Waals surface area contributed by atoms with E-state index in [1.807, 2.05) is 0 Å². The lowest BCUT2D eigenvalue weighted by atomic mass is 9.65. The Labute approximate surface area is 89.1 Å². The van der Waals surface area contributed by atoms with Gasteiger partial charge >= 0.3 is 0 Å². The van der Waals surface area contributed by atoms with E-state index >= 15 is 0 Å². The van der Waals surface area contributed by atoms with E-state index in [1.165, 1.54) is 38.9 Å². The summed E-state index contributed by atoms with van der Waals surface area (Å²) in [5, 5.41) is 3.36. The second-order valence-electron chi connectivity index (χ2n) is 4.98. The fourth-order valence-electron chi connectivity index (χ4n) is 2.51. The van der Waals surface area contributed by atoms with Gasteiger partial charge in [-0.05, 0) is 51.4 Å². The van der Waals surface area contributed by atoms with Crippen LogP contribution in [0.3, 0.4) is 0 Å². The topological polar surface area (TPSA) is 15.3 Å². The summed E-state index contributed by atoms with van der Waals surface area (Å²) in [6.07, 6.45) is 4.10. The molecule has 0 atom stereocenters. The van der Waals surface area contributed by atoms with Gasteiger partial charge in [0.1, 0.15) is 0 Å². The van der Waals surface area contributed by atoms with Gasteiger partial charge in [0, 0.05) is 6.04 Å². The Kier molecular flexibility index (Phi) is 4.39. The Morgan fingerprint density at radius 2 is 1.86 bits per heavy atom. The third-order valence-electron chi connectivity index (χ3n) is 3.81. The van der Waals surface area contributed by atoms with Gasteiger partial charge in [-0.1, -0.05) is 20.8 Å². The second kappa shape index (κ2) is 5.13. The first kappa shape index (κ1) is 12.0. The summed E-state index contributed by atoms with van der Waals surface area (Å²) < 4.78 is 0. The van der Waals surface area contributed by atoms with Crippen LogP contribution in [-0.4, -0.2) is 37.6 Å². The van der Waals surface area contributed by atoms with Gasteiger partial charge in [-0.2, -0.15) is 0 Å². The predicted molar refractivity (Wildman–Crippen MR) is 62.6 cm³/mol. The molecule has 14 heavy (non-hydrogen) atoms. The molecule has 0 aromatic carbocycles. The van der Waals surface area contributed by atoms with Crippen molar-refractivity contribution in [2.24, 2.45) is 5.41 Å². The quantitative estimate of drug-likeness (QED) is 0.703. The summed E-state index contributed by atoms with van der Waals surface area (Å²) in [6.45, 7) is 10.6. The summed E-state index contributed by atoms with van der Waals surface area (Å²) >= 11 is 0. The molecule has 0 aromatic heterocycles. The summed E-state index contributed by atoms with van der Waals surface area (Å²) in [4.78, 5) is 2.53. The van der Waals surface area contributed by atoms with Crippen molar-refractivity contribution in [2.45, 2.75) is 46.1 Å². The van der Waals surface area contributed by atoms with Crippen molar-refractivity contribution in [3.63, 3.8) is 0 Å². The Morgan fingerprint density at radius 3 is 2.29 bits per heavy atom. The van der Waals surface area contributed by atoms with E-state index in [1.54, 1.807) is 0 Å². The molecular weight excluding hydrogens is 172 g/mol. The van der Waals surface area contributed by atoms with Crippen molar-refractivity contribution < 1.29 is 0 Å². The zero-order valence-electron chi connectivity index (χ0n) is 10.3. The van der Waals surface area contributed by atoms with Crippen LogP contribution in [0.25, 0.3) is 0 Å². The molecule has 1 N–H and O–H groups in total. The van der Waals surface area contributed by atoms with Crippen LogP contribution in [0.2, 0.25) is 0 Å². The monoisotopic (exact) mass is 198 g/mol. The highest BCUT2D eigenvalue weighted by Gasteiger charge is 2.38. The minimum Gasteiger partial charge on any atom is -0.317 e. The molecule has 0 aliphatic heterocycles. The van der Waals surface area contributed by atoms with Crippen LogP contribution < -0.4 is 5.32 Å². The van der Waals surface area contributed by atoms with E-state index in [2.05, 4.69) is 38.0 Å². The molecule has 2 heteroatoms. The third-order valence-corrected chi connectivity index (χ3v) is 3.81. The highest BCUT2D eigenvalue weighted by molar-refractivity contribution is 4.94. The SMILES string of the molecule is CCN(CC)CCC1(C)CC(NC)C1. The van der Waals surface area contributed by atoms with Crippen molar-refractivity contribution in [2.75, 3.05) is 26.7 Å². The molecule has 0 unspecified atom stereocenters. The zero-order chi connectivity index (χ0) is 10.6. The van der Waals surface area contributed by atoms with Crippen LogP contribution in [0.5, 0.6) is 0 Å². The average Bonchev–Trinajstić information content (AvgIpc) is 2.15. The predicted octanol–water partition coefficient (Wildman–Crippen LogP) is 2.11. The Morgan fingerprint density at radius 1 is 1.29 bits per heavy atom. The van der Waals surface area contributed by atoms with Crippen LogP contribution >= 0.6 is 0 Å². The first-order valence-corrected chi connectivity index (χ1v) is 6.03. The lowest BCUT2D eigenvalue weighted by molar-refractivity contribution is 0.0821. The van der Waals surface area contributed by atoms with E-state index in [4.69, 9.17) is 0 Å². The van der Waals surface area contributed by atoms with Gasteiger partial charge in [0.25, 0.3) is 0 Å². The van der Waals surface area contributed by atoms with Crippen LogP contribution in [0.4, 0.5) is 0 Å². The minimum atomic E-state index is 0.621. The van der Waals surface area contributed by atoms with Crippen LogP contribution in [-0.2, 0) is 0 Å². The van der Waals surface area contributed by atoms with Gasteiger partial charge in [0.15, 0.2) is 0 Å². The maximum Gasteiger partial charge on any atom is 0.00744 e. The molecule has 0 saturated heterocycles. The smallest absolute Gasteiger partial charge is 0.00744 e. The first-order chi connectivity index (χ1) is 6.63. The number of nitrogens with zero attached hydrogens (tertiary/aromatic N) is 1. The maximum absolute atomic E-state index is 3.36. The molecule has 1 saturated carbocycles. The molecule has 84 valence electrons. The first-order valence-electron chi connectivity index (χ1n) is 6.03. The normalized spacial score (nSPS) is 31.9. The van der Waals surface area contributed by atoms with Crippen molar-refractivity contribution >= 4 is 0 Å². The van der Waals surface area contributed by atoms with Crippen molar-refractivity contribution in [1.29, 1.82) is 0 Å². The van der Waals surface area contributed by atoms with Gasteiger partial charge in [-0.3, -0.25) is 0 Å². The third kappa shape index (κ3) is 2.96. The molecule has 0 amide bonds. The molecule has 1 fully saturated rings. The van der Waals surface area contributed by atoms with Crippen molar-refractivity contribution in [3.05, 3.63) is 0 Å². The number of rotatable bonds is 6. The molecule has 0 bridgehead atoms. The lowest BCUT2D eigenvalue weighted by Crippen LogP contribution is -2.47. The Bertz CT molecular complexity index is 158. The molecule has 1 aliphatic carbocycles. The van der Waals surface area contributed by atoms with Gasteiger partial charge in [0.05, 0.1) is 0 Å². The fourth-order valence-corrected chi connectivity index (χ4v) is 2.51. The molecule has 1 rings (SSSR count). The Hall–Kier alpha value is -0.0800. The zero-order valence-corrected chi connectivity index (χ0v) is 10.3. The molecule has 0 aromatic rings. The summed E-state index contributed by atoms with van der Waals surface area (Å²) in [6, 6.07) is 0.789. The average molecular weight is 198 g/mol. The molecule has 0 heterocycles. The molecule has 2 nitrogen and oxygen atoms in total. The number of nitrogens with one attached hydrogen (secondary N) is 1. The number of hydrogen-bond acceptors (Lipinski definition) is 2. The maximum atomic E-state index is 3.36. The molecule has 1 aliphatic rings. The van der Waals surface area contributed by atoms with Crippen LogP contribution in [0.1, 0.15) is 40.0 Å². The highest BCUT2D eigenvalue weighted by Crippen LogP contribution is 2.43. The van der Waals surface area contributed by atoms with Crippen LogP contribution in [0.15, 0.2) is 0 Å². The second-order valence-corrected chi connectivity index (χ2v) is 4.98. The van der Waals surface area contributed by atoms with Gasteiger partial charge < -0.3 is 10.2 Å². The summed E-state index contributed by atoms with van der Waals surface area (Å²) in [7, 11) is 2.08. The number of hydrogen-bond donors (Lipinski definition) is 1. The largest absolute Gasteiger partial charge is 0.317 e. The van der Waals surface area contributed by atoms with E-state index in [0.29, 0.717) is 5.41 Å². The van der Waals surface area contributed by atoms with Gasteiger partial charge in [-0.25, -0.2) is 0 Å². The standard InChI is InChI=1S/C12H26N2/c1-5-14(6-2)8-7-12(3)9-11(10-12)13-4/h11,13H,5-10H2,1-4H3. The summed E-state index contributed by atoms with van der Waals surface area (Å²) in [5.74, 6) is 0. The van der Waals surface area contributed by atoms with E-state index in [0.717, 1.165) is 6.04 Å². The molecular formula is C12H26N2. The molecule has 0 radical (unpaired) electrons. The van der Waals surface area contributed by atoms with E-state index in [9.17, 15) is 0 Å². The lowest BCUT2D eigenvalue weighted by Gasteiger charge is -2.46. The van der Waals surface area contributed by atoms with E-state index < -0.39 is 0 Å². The summed E-state index contributed by atoms with van der Waals surface area (Å²) in [5.41, 5.74) is 0.621. The molecule has 0 spiro atoms. The van der Waals surface area contributed by atoms with Crippen LogP contribution in [0, 0.1) is 5.41 Å². The van der Waals surface area contributed by atoms with Crippen molar-refractivity contribution in [3.8, 4) is 0 Å². The van der Waals surface area contributed by atoms with Gasteiger partial charge in [0.2, 0.25) is 0 Å². The highest BCUT2D eigenvalue weighted by atomic mass is 15.1. The fraction of sp³-hybridized carbons (Fsp3) is 1.00. The van der Waals surface area contributed by atoms with Gasteiger partial charge in [-0.15, -0.1) is 0 Å². The Balaban J connectivity index is 2.18. The van der Waals surface area contributed by atoms with E-state index in [-0.39, 0.29) is 0 Å². The minimum absolute atomic E-state index is 0.621. The van der Waals surface area contributed by atoms with Crippen molar-refractivity contribution in [1.82, 2.24) is 10.2 Å².